The Bertz CT molecular complexity index is 329. The van der Waals surface area contributed by atoms with Crippen molar-refractivity contribution in [2.45, 2.75) is 52.2 Å². The van der Waals surface area contributed by atoms with Gasteiger partial charge in [0, 0.05) is 6.61 Å². The molecule has 1 aromatic rings. The summed E-state index contributed by atoms with van der Waals surface area (Å²) < 4.78 is 5.92. The van der Waals surface area contributed by atoms with Gasteiger partial charge in [0.1, 0.15) is 0 Å². The van der Waals surface area contributed by atoms with Crippen LogP contribution in [0.3, 0.4) is 0 Å². The Hall–Kier alpha value is -0.900. The third kappa shape index (κ3) is 5.31. The second kappa shape index (κ2) is 9.08. The third-order valence-electron chi connectivity index (χ3n) is 3.49. The summed E-state index contributed by atoms with van der Waals surface area (Å²) in [5, 5.41) is 0. The van der Waals surface area contributed by atoms with Gasteiger partial charge in [0.15, 0.2) is 0 Å². The van der Waals surface area contributed by atoms with E-state index in [1.165, 1.54) is 18.4 Å². The first-order chi connectivity index (χ1) is 9.22. The second-order valence-electron chi connectivity index (χ2n) is 5.19. The maximum atomic E-state index is 5.92. The van der Waals surface area contributed by atoms with Crippen LogP contribution in [-0.4, -0.2) is 12.6 Å². The van der Waals surface area contributed by atoms with Crippen molar-refractivity contribution in [2.24, 2.45) is 11.8 Å². The van der Waals surface area contributed by atoms with E-state index in [9.17, 15) is 0 Å². The number of hydrogen-bond donors (Lipinski definition) is 2. The summed E-state index contributed by atoms with van der Waals surface area (Å²) in [5.41, 5.74) is 4.14. The van der Waals surface area contributed by atoms with Gasteiger partial charge >= 0.3 is 0 Å². The van der Waals surface area contributed by atoms with Crippen LogP contribution < -0.4 is 11.3 Å². The summed E-state index contributed by atoms with van der Waals surface area (Å²) >= 11 is 0. The van der Waals surface area contributed by atoms with E-state index >= 15 is 0 Å². The van der Waals surface area contributed by atoms with Crippen molar-refractivity contribution >= 4 is 0 Å². The highest BCUT2D eigenvalue weighted by Gasteiger charge is 2.24. The molecule has 0 aromatic heterocycles. The van der Waals surface area contributed by atoms with E-state index in [1.54, 1.807) is 0 Å². The molecule has 3 nitrogen and oxygen atoms in total. The second-order valence-corrected chi connectivity index (χ2v) is 5.19. The van der Waals surface area contributed by atoms with Crippen LogP contribution in [0.4, 0.5) is 0 Å². The van der Waals surface area contributed by atoms with Crippen LogP contribution in [0.1, 0.15) is 51.7 Å². The van der Waals surface area contributed by atoms with E-state index in [-0.39, 0.29) is 12.1 Å². The van der Waals surface area contributed by atoms with Crippen molar-refractivity contribution in [2.75, 3.05) is 6.61 Å². The molecule has 0 radical (unpaired) electrons. The molecule has 3 N–H and O–H groups in total. The lowest BCUT2D eigenvalue weighted by Gasteiger charge is -2.29. The van der Waals surface area contributed by atoms with Crippen LogP contribution in [0.25, 0.3) is 0 Å². The summed E-state index contributed by atoms with van der Waals surface area (Å²) in [7, 11) is 0. The zero-order valence-electron chi connectivity index (χ0n) is 12.4. The molecule has 0 spiro atoms. The molecule has 0 bridgehead atoms. The van der Waals surface area contributed by atoms with Crippen LogP contribution >= 0.6 is 0 Å². The van der Waals surface area contributed by atoms with E-state index in [4.69, 9.17) is 10.6 Å². The smallest absolute Gasteiger partial charge is 0.0991 e. The fourth-order valence-corrected chi connectivity index (χ4v) is 2.59. The van der Waals surface area contributed by atoms with E-state index in [0.29, 0.717) is 12.5 Å². The lowest BCUT2D eigenvalue weighted by molar-refractivity contribution is 0.0265. The highest BCUT2D eigenvalue weighted by atomic mass is 16.5. The largest absolute Gasteiger partial charge is 0.372 e. The van der Waals surface area contributed by atoms with Crippen molar-refractivity contribution in [3.8, 4) is 0 Å². The Balaban J connectivity index is 2.77. The SMILES string of the molecule is CCCC(C)CC(NN)C(OCC)c1ccccc1. The molecule has 0 aliphatic heterocycles. The van der Waals surface area contributed by atoms with Gasteiger partial charge in [-0.25, -0.2) is 0 Å². The molecule has 0 saturated carbocycles. The van der Waals surface area contributed by atoms with Crippen LogP contribution in [0.2, 0.25) is 0 Å². The van der Waals surface area contributed by atoms with Gasteiger partial charge in [0.25, 0.3) is 0 Å². The normalized spacial score (nSPS) is 16.0. The molecule has 1 rings (SSSR count). The summed E-state index contributed by atoms with van der Waals surface area (Å²) in [6.45, 7) is 7.22. The maximum Gasteiger partial charge on any atom is 0.0991 e. The number of ether oxygens (including phenoxy) is 1. The average molecular weight is 264 g/mol. The standard InChI is InChI=1S/C16H28N2O/c1-4-9-13(3)12-15(18-17)16(19-5-2)14-10-7-6-8-11-14/h6-8,10-11,13,15-16,18H,4-5,9,12,17H2,1-3H3. The Labute approximate surface area is 117 Å². The monoisotopic (exact) mass is 264 g/mol. The zero-order valence-corrected chi connectivity index (χ0v) is 12.4. The fraction of sp³-hybridized carbons (Fsp3) is 0.625. The number of hydrogen-bond acceptors (Lipinski definition) is 3. The average Bonchev–Trinajstić information content (AvgIpc) is 2.44. The van der Waals surface area contributed by atoms with E-state index in [2.05, 4.69) is 31.4 Å². The van der Waals surface area contributed by atoms with Crippen LogP contribution in [0.5, 0.6) is 0 Å². The van der Waals surface area contributed by atoms with Crippen molar-refractivity contribution < 1.29 is 4.74 Å². The van der Waals surface area contributed by atoms with E-state index in [1.807, 2.05) is 25.1 Å². The zero-order chi connectivity index (χ0) is 14.1. The van der Waals surface area contributed by atoms with Gasteiger partial charge in [-0.3, -0.25) is 11.3 Å². The number of nitrogens with one attached hydrogen (secondary N) is 1. The molecule has 3 unspecified atom stereocenters. The van der Waals surface area contributed by atoms with Crippen molar-refractivity contribution in [3.05, 3.63) is 35.9 Å². The summed E-state index contributed by atoms with van der Waals surface area (Å²) in [5.74, 6) is 6.41. The Morgan fingerprint density at radius 2 is 1.89 bits per heavy atom. The van der Waals surface area contributed by atoms with Crippen molar-refractivity contribution in [1.82, 2.24) is 5.43 Å². The highest BCUT2D eigenvalue weighted by Crippen LogP contribution is 2.26. The minimum Gasteiger partial charge on any atom is -0.372 e. The fourth-order valence-electron chi connectivity index (χ4n) is 2.59. The number of rotatable bonds is 9. The van der Waals surface area contributed by atoms with Crippen molar-refractivity contribution in [3.63, 3.8) is 0 Å². The van der Waals surface area contributed by atoms with Gasteiger partial charge in [0.05, 0.1) is 12.1 Å². The summed E-state index contributed by atoms with van der Waals surface area (Å²) in [6, 6.07) is 10.5. The number of benzene rings is 1. The minimum atomic E-state index is 0.0236. The molecule has 0 heterocycles. The Morgan fingerprint density at radius 3 is 2.42 bits per heavy atom. The molecule has 0 saturated heterocycles. The van der Waals surface area contributed by atoms with Crippen LogP contribution in [0.15, 0.2) is 30.3 Å². The van der Waals surface area contributed by atoms with Crippen molar-refractivity contribution in [1.29, 1.82) is 0 Å². The molecule has 3 heteroatoms. The molecule has 0 fully saturated rings. The number of hydrazine groups is 1. The quantitative estimate of drug-likeness (QED) is 0.530. The molecule has 0 aliphatic carbocycles. The summed E-state index contributed by atoms with van der Waals surface area (Å²) in [6.07, 6.45) is 3.49. The molecular weight excluding hydrogens is 236 g/mol. The first-order valence-corrected chi connectivity index (χ1v) is 7.35. The molecule has 0 amide bonds. The third-order valence-corrected chi connectivity index (χ3v) is 3.49. The van der Waals surface area contributed by atoms with Gasteiger partial charge in [-0.05, 0) is 24.8 Å². The maximum absolute atomic E-state index is 5.92. The molecule has 108 valence electrons. The van der Waals surface area contributed by atoms with Gasteiger partial charge < -0.3 is 4.74 Å². The highest BCUT2D eigenvalue weighted by molar-refractivity contribution is 5.19. The van der Waals surface area contributed by atoms with Gasteiger partial charge in [-0.1, -0.05) is 57.0 Å². The van der Waals surface area contributed by atoms with E-state index in [0.717, 1.165) is 6.42 Å². The first kappa shape index (κ1) is 16.2. The summed E-state index contributed by atoms with van der Waals surface area (Å²) in [4.78, 5) is 0. The van der Waals surface area contributed by atoms with Gasteiger partial charge in [-0.15, -0.1) is 0 Å². The first-order valence-electron chi connectivity index (χ1n) is 7.35. The predicted molar refractivity (Wildman–Crippen MR) is 80.6 cm³/mol. The van der Waals surface area contributed by atoms with Crippen LogP contribution in [-0.2, 0) is 4.74 Å². The molecular formula is C16H28N2O. The van der Waals surface area contributed by atoms with Gasteiger partial charge in [0.2, 0.25) is 0 Å². The minimum absolute atomic E-state index is 0.0236. The lowest BCUT2D eigenvalue weighted by atomic mass is 9.91. The van der Waals surface area contributed by atoms with Crippen LogP contribution in [0, 0.1) is 5.92 Å². The molecule has 0 aliphatic rings. The topological polar surface area (TPSA) is 47.3 Å². The van der Waals surface area contributed by atoms with Gasteiger partial charge in [-0.2, -0.15) is 0 Å². The predicted octanol–water partition coefficient (Wildman–Crippen LogP) is 3.42. The number of nitrogens with two attached hydrogens (primary N) is 1. The molecule has 1 aromatic carbocycles. The molecule has 3 atom stereocenters. The van der Waals surface area contributed by atoms with E-state index < -0.39 is 0 Å². The lowest BCUT2D eigenvalue weighted by Crippen LogP contribution is -2.42. The Kier molecular flexibility index (Phi) is 7.72. The Morgan fingerprint density at radius 1 is 1.21 bits per heavy atom. The molecule has 19 heavy (non-hydrogen) atoms.